The molecule has 0 radical (unpaired) electrons. The molecule has 1 aliphatic heterocycles. The van der Waals surface area contributed by atoms with E-state index in [1.165, 1.54) is 36.0 Å². The molecule has 0 aliphatic carbocycles. The van der Waals surface area contributed by atoms with Crippen LogP contribution in [0.2, 0.25) is 0 Å². The molecule has 1 N–H and O–H groups in total. The Morgan fingerprint density at radius 2 is 1.72 bits per heavy atom. The SMILES string of the molecule is CCCN1CCN(C(=O)c2ccccc2SCC(=O)Nc2ccc(F)cc2)CC1. The van der Waals surface area contributed by atoms with Gasteiger partial charge >= 0.3 is 0 Å². The second-order valence-corrected chi connectivity index (χ2v) is 7.99. The molecule has 0 bridgehead atoms. The van der Waals surface area contributed by atoms with E-state index in [1.807, 2.05) is 29.2 Å². The van der Waals surface area contributed by atoms with Crippen LogP contribution in [0, 0.1) is 5.82 Å². The van der Waals surface area contributed by atoms with E-state index in [9.17, 15) is 14.0 Å². The molecule has 7 heteroatoms. The zero-order valence-electron chi connectivity index (χ0n) is 16.6. The van der Waals surface area contributed by atoms with Crippen molar-refractivity contribution in [1.82, 2.24) is 9.80 Å². The topological polar surface area (TPSA) is 52.7 Å². The van der Waals surface area contributed by atoms with Gasteiger partial charge in [0.1, 0.15) is 5.82 Å². The van der Waals surface area contributed by atoms with E-state index in [1.54, 1.807) is 0 Å². The number of rotatable bonds is 7. The Morgan fingerprint density at radius 3 is 2.41 bits per heavy atom. The maximum absolute atomic E-state index is 13.0. The van der Waals surface area contributed by atoms with Crippen LogP contribution < -0.4 is 5.32 Å². The van der Waals surface area contributed by atoms with E-state index in [4.69, 9.17) is 0 Å². The minimum atomic E-state index is -0.347. The molecular weight excluding hydrogens is 389 g/mol. The molecule has 5 nitrogen and oxygen atoms in total. The maximum atomic E-state index is 13.0. The van der Waals surface area contributed by atoms with Gasteiger partial charge in [0, 0.05) is 36.8 Å². The summed E-state index contributed by atoms with van der Waals surface area (Å²) in [5.74, 6) is -0.355. The van der Waals surface area contributed by atoms with Crippen molar-refractivity contribution in [3.8, 4) is 0 Å². The van der Waals surface area contributed by atoms with Crippen molar-refractivity contribution in [3.63, 3.8) is 0 Å². The lowest BCUT2D eigenvalue weighted by molar-refractivity contribution is -0.113. The van der Waals surface area contributed by atoms with Crippen LogP contribution in [0.15, 0.2) is 53.4 Å². The lowest BCUT2D eigenvalue weighted by atomic mass is 10.2. The Bertz CT molecular complexity index is 836. The molecule has 2 aromatic carbocycles. The predicted octanol–water partition coefficient (Wildman–Crippen LogP) is 3.72. The summed E-state index contributed by atoms with van der Waals surface area (Å²) >= 11 is 1.33. The van der Waals surface area contributed by atoms with Gasteiger partial charge in [-0.25, -0.2) is 4.39 Å². The van der Waals surface area contributed by atoms with Gasteiger partial charge in [-0.15, -0.1) is 11.8 Å². The van der Waals surface area contributed by atoms with Gasteiger partial charge in [0.2, 0.25) is 5.91 Å². The first kappa shape index (κ1) is 21.3. The van der Waals surface area contributed by atoms with Crippen LogP contribution in [0.3, 0.4) is 0 Å². The van der Waals surface area contributed by atoms with Crippen LogP contribution in [0.5, 0.6) is 0 Å². The van der Waals surface area contributed by atoms with Gasteiger partial charge in [-0.05, 0) is 49.4 Å². The summed E-state index contributed by atoms with van der Waals surface area (Å²) in [4.78, 5) is 30.3. The van der Waals surface area contributed by atoms with Gasteiger partial charge in [-0.2, -0.15) is 0 Å². The highest BCUT2D eigenvalue weighted by atomic mass is 32.2. The Morgan fingerprint density at radius 1 is 1.03 bits per heavy atom. The summed E-state index contributed by atoms with van der Waals surface area (Å²) in [6, 6.07) is 13.1. The molecule has 1 fully saturated rings. The molecule has 2 amide bonds. The summed E-state index contributed by atoms with van der Waals surface area (Å²) in [7, 11) is 0. The van der Waals surface area contributed by atoms with Gasteiger partial charge in [-0.1, -0.05) is 19.1 Å². The summed E-state index contributed by atoms with van der Waals surface area (Å²) in [6.45, 7) is 6.48. The fourth-order valence-electron chi connectivity index (χ4n) is 3.30. The number of anilines is 1. The maximum Gasteiger partial charge on any atom is 0.255 e. The Hall–Kier alpha value is -2.38. The summed E-state index contributed by atoms with van der Waals surface area (Å²) < 4.78 is 13.0. The molecule has 2 aromatic rings. The Balaban J connectivity index is 1.58. The molecule has 154 valence electrons. The van der Waals surface area contributed by atoms with Gasteiger partial charge in [0.15, 0.2) is 0 Å². The van der Waals surface area contributed by atoms with E-state index < -0.39 is 0 Å². The van der Waals surface area contributed by atoms with Crippen LogP contribution in [-0.2, 0) is 4.79 Å². The molecule has 1 aliphatic rings. The third-order valence-corrected chi connectivity index (χ3v) is 5.88. The highest BCUT2D eigenvalue weighted by Gasteiger charge is 2.23. The van der Waals surface area contributed by atoms with Gasteiger partial charge in [0.25, 0.3) is 5.91 Å². The number of carbonyl (C=O) groups excluding carboxylic acids is 2. The fourth-order valence-corrected chi connectivity index (χ4v) is 4.15. The highest BCUT2D eigenvalue weighted by molar-refractivity contribution is 8.00. The molecule has 0 saturated carbocycles. The van der Waals surface area contributed by atoms with Crippen LogP contribution in [0.25, 0.3) is 0 Å². The smallest absolute Gasteiger partial charge is 0.255 e. The number of nitrogens with zero attached hydrogens (tertiary/aromatic N) is 2. The largest absolute Gasteiger partial charge is 0.336 e. The van der Waals surface area contributed by atoms with Crippen molar-refractivity contribution in [1.29, 1.82) is 0 Å². The Labute approximate surface area is 175 Å². The van der Waals surface area contributed by atoms with Crippen molar-refractivity contribution < 1.29 is 14.0 Å². The third kappa shape index (κ3) is 6.05. The van der Waals surface area contributed by atoms with Crippen molar-refractivity contribution in [2.75, 3.05) is 43.8 Å². The molecule has 1 heterocycles. The minimum absolute atomic E-state index is 0.0168. The average Bonchev–Trinajstić information content (AvgIpc) is 2.74. The van der Waals surface area contributed by atoms with Crippen molar-refractivity contribution in [2.45, 2.75) is 18.2 Å². The van der Waals surface area contributed by atoms with Crippen molar-refractivity contribution in [2.24, 2.45) is 0 Å². The van der Waals surface area contributed by atoms with Crippen LogP contribution in [0.4, 0.5) is 10.1 Å². The number of nitrogens with one attached hydrogen (secondary N) is 1. The van der Waals surface area contributed by atoms with Crippen LogP contribution >= 0.6 is 11.8 Å². The number of amides is 2. The molecule has 29 heavy (non-hydrogen) atoms. The van der Waals surface area contributed by atoms with Gasteiger partial charge in [0.05, 0.1) is 11.3 Å². The van der Waals surface area contributed by atoms with Crippen molar-refractivity contribution >= 4 is 29.3 Å². The normalized spacial score (nSPS) is 14.6. The number of carbonyl (C=O) groups is 2. The standard InChI is InChI=1S/C22H26FN3O2S/c1-2-11-25-12-14-26(15-13-25)22(28)19-5-3-4-6-20(19)29-16-21(27)24-18-9-7-17(23)8-10-18/h3-10H,2,11-16H2,1H3,(H,24,27). The van der Waals surface area contributed by atoms with Crippen LogP contribution in [0.1, 0.15) is 23.7 Å². The van der Waals surface area contributed by atoms with Crippen LogP contribution in [-0.4, -0.2) is 60.1 Å². The molecule has 0 atom stereocenters. The molecular formula is C22H26FN3O2S. The van der Waals surface area contributed by atoms with E-state index in [0.717, 1.165) is 44.0 Å². The number of benzene rings is 2. The Kier molecular flexibility index (Phi) is 7.66. The van der Waals surface area contributed by atoms with E-state index in [-0.39, 0.29) is 23.4 Å². The molecule has 1 saturated heterocycles. The zero-order valence-corrected chi connectivity index (χ0v) is 17.4. The van der Waals surface area contributed by atoms with Crippen molar-refractivity contribution in [3.05, 3.63) is 59.9 Å². The number of hydrogen-bond donors (Lipinski definition) is 1. The average molecular weight is 416 g/mol. The number of thioether (sulfide) groups is 1. The molecule has 0 unspecified atom stereocenters. The lowest BCUT2D eigenvalue weighted by Crippen LogP contribution is -2.48. The molecule has 3 rings (SSSR count). The highest BCUT2D eigenvalue weighted by Crippen LogP contribution is 2.24. The van der Waals surface area contributed by atoms with E-state index in [0.29, 0.717) is 11.3 Å². The molecule has 0 aromatic heterocycles. The lowest BCUT2D eigenvalue weighted by Gasteiger charge is -2.34. The monoisotopic (exact) mass is 415 g/mol. The fraction of sp³-hybridized carbons (Fsp3) is 0.364. The first-order valence-electron chi connectivity index (χ1n) is 9.85. The molecule has 0 spiro atoms. The first-order chi connectivity index (χ1) is 14.1. The number of hydrogen-bond acceptors (Lipinski definition) is 4. The van der Waals surface area contributed by atoms with E-state index >= 15 is 0 Å². The summed E-state index contributed by atoms with van der Waals surface area (Å²) in [5, 5.41) is 2.74. The number of piperazine rings is 1. The van der Waals surface area contributed by atoms with E-state index in [2.05, 4.69) is 17.1 Å². The zero-order chi connectivity index (χ0) is 20.6. The summed E-state index contributed by atoms with van der Waals surface area (Å²) in [6.07, 6.45) is 1.12. The van der Waals surface area contributed by atoms with Gasteiger partial charge in [-0.3, -0.25) is 14.5 Å². The second-order valence-electron chi connectivity index (χ2n) is 6.97. The first-order valence-corrected chi connectivity index (χ1v) is 10.8. The summed E-state index contributed by atoms with van der Waals surface area (Å²) in [5.41, 5.74) is 1.18. The van der Waals surface area contributed by atoms with Gasteiger partial charge < -0.3 is 10.2 Å². The third-order valence-electron chi connectivity index (χ3n) is 4.80. The number of halogens is 1. The second kappa shape index (κ2) is 10.4. The minimum Gasteiger partial charge on any atom is -0.336 e. The predicted molar refractivity (Wildman–Crippen MR) is 115 cm³/mol. The quantitative estimate of drug-likeness (QED) is 0.701.